The maximum absolute atomic E-state index is 6.07. The van der Waals surface area contributed by atoms with Crippen molar-refractivity contribution < 1.29 is 0 Å². The van der Waals surface area contributed by atoms with Crippen molar-refractivity contribution in [2.45, 2.75) is 44.7 Å². The molecule has 0 amide bonds. The van der Waals surface area contributed by atoms with Crippen LogP contribution in [0.5, 0.6) is 0 Å². The van der Waals surface area contributed by atoms with Gasteiger partial charge in [0.2, 0.25) is 0 Å². The number of benzene rings is 1. The number of rotatable bonds is 6. The number of aliphatic imine (C=N–C) groups is 1. The predicted octanol–water partition coefficient (Wildman–Crippen LogP) is 4.94. The zero-order chi connectivity index (χ0) is 19.3. The number of amidine groups is 1. The molecule has 6 heteroatoms. The van der Waals surface area contributed by atoms with Gasteiger partial charge in [-0.25, -0.2) is 9.98 Å². The summed E-state index contributed by atoms with van der Waals surface area (Å²) in [6, 6.07) is 12.7. The molecule has 1 aliphatic rings. The monoisotopic (exact) mass is 393 g/mol. The smallest absolute Gasteiger partial charge is 0.141 e. The van der Waals surface area contributed by atoms with Gasteiger partial charge in [0, 0.05) is 17.8 Å². The van der Waals surface area contributed by atoms with Crippen LogP contribution in [0.15, 0.2) is 53.0 Å². The molecule has 0 saturated heterocycles. The largest absolute Gasteiger partial charge is 0.383 e. The van der Waals surface area contributed by atoms with Gasteiger partial charge in [0.1, 0.15) is 11.7 Å². The second-order valence-corrected chi connectivity index (χ2v) is 8.41. The number of nitrogens with one attached hydrogen (secondary N) is 1. The summed E-state index contributed by atoms with van der Waals surface area (Å²) in [5.74, 6) is 1.57. The fourth-order valence-electron chi connectivity index (χ4n) is 3.80. The number of aromatic nitrogens is 2. The topological polar surface area (TPSA) is 70.3 Å². The Kier molecular flexibility index (Phi) is 5.88. The minimum absolute atomic E-state index is 0.551. The van der Waals surface area contributed by atoms with Crippen LogP contribution in [0.25, 0.3) is 11.3 Å². The molecule has 0 radical (unpaired) electrons. The first kappa shape index (κ1) is 18.9. The summed E-state index contributed by atoms with van der Waals surface area (Å²) in [4.78, 5) is 16.1. The first-order chi connectivity index (χ1) is 13.7. The number of aromatic amines is 1. The van der Waals surface area contributed by atoms with Crippen LogP contribution in [0.1, 0.15) is 42.8 Å². The molecule has 28 heavy (non-hydrogen) atoms. The summed E-state index contributed by atoms with van der Waals surface area (Å²) in [7, 11) is 2.21. The summed E-state index contributed by atoms with van der Waals surface area (Å²) >= 11 is 1.59. The Hall–Kier alpha value is -2.44. The van der Waals surface area contributed by atoms with Crippen LogP contribution in [0.2, 0.25) is 0 Å². The molecule has 3 N–H and O–H groups in total. The molecule has 2 heterocycles. The summed E-state index contributed by atoms with van der Waals surface area (Å²) in [6.45, 7) is 0.865. The van der Waals surface area contributed by atoms with Gasteiger partial charge in [-0.05, 0) is 43.5 Å². The van der Waals surface area contributed by atoms with Gasteiger partial charge >= 0.3 is 0 Å². The van der Waals surface area contributed by atoms with Gasteiger partial charge in [-0.3, -0.25) is 4.90 Å². The van der Waals surface area contributed by atoms with Crippen molar-refractivity contribution in [3.8, 4) is 11.3 Å². The third kappa shape index (κ3) is 4.51. The lowest BCUT2D eigenvalue weighted by Gasteiger charge is -2.30. The molecule has 0 bridgehead atoms. The number of H-pyrrole nitrogens is 1. The van der Waals surface area contributed by atoms with E-state index in [0.29, 0.717) is 11.9 Å². The second kappa shape index (κ2) is 8.71. The van der Waals surface area contributed by atoms with E-state index in [9.17, 15) is 0 Å². The van der Waals surface area contributed by atoms with E-state index < -0.39 is 0 Å². The van der Waals surface area contributed by atoms with E-state index in [4.69, 9.17) is 10.7 Å². The number of hydrogen-bond donors (Lipinski definition) is 2. The van der Waals surface area contributed by atoms with Gasteiger partial charge in [-0.1, -0.05) is 37.5 Å². The Morgan fingerprint density at radius 1 is 1.21 bits per heavy atom. The van der Waals surface area contributed by atoms with Crippen molar-refractivity contribution >= 4 is 22.9 Å². The van der Waals surface area contributed by atoms with Crippen LogP contribution in [0.3, 0.4) is 0 Å². The molecular formula is C22H27N5S. The number of nitrogens with zero attached hydrogens (tertiary/aromatic N) is 3. The maximum Gasteiger partial charge on any atom is 0.141 e. The van der Waals surface area contributed by atoms with Gasteiger partial charge < -0.3 is 10.7 Å². The lowest BCUT2D eigenvalue weighted by atomic mass is 9.94. The van der Waals surface area contributed by atoms with Gasteiger partial charge in [0.25, 0.3) is 0 Å². The summed E-state index contributed by atoms with van der Waals surface area (Å²) in [5, 5.41) is 2.00. The fourth-order valence-corrected chi connectivity index (χ4v) is 4.43. The molecule has 4 rings (SSSR count). The molecule has 1 saturated carbocycles. The first-order valence-corrected chi connectivity index (χ1v) is 10.8. The predicted molar refractivity (Wildman–Crippen MR) is 117 cm³/mol. The summed E-state index contributed by atoms with van der Waals surface area (Å²) < 4.78 is 0. The van der Waals surface area contributed by atoms with E-state index in [1.165, 1.54) is 32.1 Å². The van der Waals surface area contributed by atoms with Crippen molar-refractivity contribution in [3.63, 3.8) is 0 Å². The van der Waals surface area contributed by atoms with Gasteiger partial charge in [0.05, 0.1) is 22.8 Å². The fraction of sp³-hybridized carbons (Fsp3) is 0.364. The zero-order valence-electron chi connectivity index (χ0n) is 16.3. The molecule has 1 aromatic carbocycles. The molecule has 2 aromatic heterocycles. The zero-order valence-corrected chi connectivity index (χ0v) is 17.1. The van der Waals surface area contributed by atoms with Crippen LogP contribution in [-0.2, 0) is 6.54 Å². The van der Waals surface area contributed by atoms with Gasteiger partial charge in [0.15, 0.2) is 0 Å². The number of hydrogen-bond acceptors (Lipinski definition) is 4. The van der Waals surface area contributed by atoms with Crippen LogP contribution in [0, 0.1) is 0 Å². The summed E-state index contributed by atoms with van der Waals surface area (Å²) in [5.41, 5.74) is 8.97. The first-order valence-electron chi connectivity index (χ1n) is 9.92. The molecule has 146 valence electrons. The molecule has 5 nitrogen and oxygen atoms in total. The molecule has 0 aliphatic heterocycles. The molecule has 0 spiro atoms. The molecule has 1 fully saturated rings. The van der Waals surface area contributed by atoms with E-state index in [1.54, 1.807) is 11.3 Å². The van der Waals surface area contributed by atoms with Crippen molar-refractivity contribution in [2.75, 3.05) is 7.05 Å². The average Bonchev–Trinajstić information content (AvgIpc) is 3.42. The lowest BCUT2D eigenvalue weighted by molar-refractivity contribution is 0.181. The Bertz CT molecular complexity index is 905. The normalized spacial score (nSPS) is 16.0. The molecule has 0 unspecified atom stereocenters. The highest BCUT2D eigenvalue weighted by molar-refractivity contribution is 7.12. The highest BCUT2D eigenvalue weighted by Crippen LogP contribution is 2.24. The Labute approximate surface area is 170 Å². The van der Waals surface area contributed by atoms with Gasteiger partial charge in [-0.15, -0.1) is 11.3 Å². The third-order valence-electron chi connectivity index (χ3n) is 5.41. The molecule has 3 aromatic rings. The van der Waals surface area contributed by atoms with Crippen LogP contribution >= 0.6 is 11.3 Å². The SMILES string of the molecule is CN(Cc1nc(-c2ccc(N=C(N)c3cccs3)cc2)c[nH]1)C1CCCCC1. The molecular weight excluding hydrogens is 366 g/mol. The lowest BCUT2D eigenvalue weighted by Crippen LogP contribution is -2.33. The quantitative estimate of drug-likeness (QED) is 0.460. The minimum atomic E-state index is 0.551. The Morgan fingerprint density at radius 3 is 2.71 bits per heavy atom. The van der Waals surface area contributed by atoms with Crippen LogP contribution in [-0.4, -0.2) is 33.8 Å². The molecule has 0 atom stereocenters. The van der Waals surface area contributed by atoms with Gasteiger partial charge in [-0.2, -0.15) is 0 Å². The van der Waals surface area contributed by atoms with E-state index >= 15 is 0 Å². The molecule has 1 aliphatic carbocycles. The third-order valence-corrected chi connectivity index (χ3v) is 6.31. The van der Waals surface area contributed by atoms with Crippen molar-refractivity contribution in [2.24, 2.45) is 10.7 Å². The van der Waals surface area contributed by atoms with Crippen LogP contribution < -0.4 is 5.73 Å². The van der Waals surface area contributed by atoms with E-state index in [1.807, 2.05) is 48.0 Å². The van der Waals surface area contributed by atoms with Crippen molar-refractivity contribution in [1.82, 2.24) is 14.9 Å². The van der Waals surface area contributed by atoms with E-state index in [-0.39, 0.29) is 0 Å². The van der Waals surface area contributed by atoms with E-state index in [0.717, 1.165) is 34.2 Å². The number of thiophene rings is 1. The summed E-state index contributed by atoms with van der Waals surface area (Å²) in [6.07, 6.45) is 8.69. The highest BCUT2D eigenvalue weighted by atomic mass is 32.1. The maximum atomic E-state index is 6.07. The Morgan fingerprint density at radius 2 is 2.00 bits per heavy atom. The van der Waals surface area contributed by atoms with Crippen molar-refractivity contribution in [3.05, 3.63) is 58.7 Å². The highest BCUT2D eigenvalue weighted by Gasteiger charge is 2.19. The van der Waals surface area contributed by atoms with Crippen molar-refractivity contribution in [1.29, 1.82) is 0 Å². The Balaban J connectivity index is 1.41. The van der Waals surface area contributed by atoms with E-state index in [2.05, 4.69) is 21.9 Å². The average molecular weight is 394 g/mol. The minimum Gasteiger partial charge on any atom is -0.383 e. The van der Waals surface area contributed by atoms with Crippen LogP contribution in [0.4, 0.5) is 5.69 Å². The number of imidazole rings is 1. The second-order valence-electron chi connectivity index (χ2n) is 7.46. The number of nitrogens with two attached hydrogens (primary N) is 1. The standard InChI is InChI=1S/C22H27N5S/c1-27(18-6-3-2-4-7-18)15-21-24-14-19(26-21)16-9-11-17(12-10-16)25-22(23)20-8-5-13-28-20/h5,8-14,18H,2-4,6-7,15H2,1H3,(H2,23,25)(H,24,26).